The van der Waals surface area contributed by atoms with Gasteiger partial charge in [0, 0.05) is 23.4 Å². The van der Waals surface area contributed by atoms with E-state index in [0.29, 0.717) is 16.9 Å². The zero-order chi connectivity index (χ0) is 9.84. The zero-order valence-corrected chi connectivity index (χ0v) is 7.83. The van der Waals surface area contributed by atoms with Crippen LogP contribution in [0.5, 0.6) is 0 Å². The molecule has 0 spiro atoms. The van der Waals surface area contributed by atoms with E-state index in [0.717, 1.165) is 0 Å². The van der Waals surface area contributed by atoms with Gasteiger partial charge >= 0.3 is 0 Å². The van der Waals surface area contributed by atoms with Crippen LogP contribution in [0.3, 0.4) is 0 Å². The van der Waals surface area contributed by atoms with E-state index in [4.69, 9.17) is 5.73 Å². The highest BCUT2D eigenvalue weighted by molar-refractivity contribution is 7.79. The van der Waals surface area contributed by atoms with E-state index in [1.54, 1.807) is 18.2 Å². The standard InChI is InChI=1S/C8H10N2O2S/c9-4-6-2-1-3-7(5-13)8(6)10(11)12/h1-3,13H,4-5,9H2. The van der Waals surface area contributed by atoms with E-state index >= 15 is 0 Å². The van der Waals surface area contributed by atoms with Crippen LogP contribution in [0.1, 0.15) is 11.1 Å². The molecule has 0 unspecified atom stereocenters. The predicted molar refractivity (Wildman–Crippen MR) is 53.7 cm³/mol. The van der Waals surface area contributed by atoms with Gasteiger partial charge in [-0.25, -0.2) is 0 Å². The summed E-state index contributed by atoms with van der Waals surface area (Å²) in [7, 11) is 0. The molecule has 0 saturated heterocycles. The molecular formula is C8H10N2O2S. The minimum atomic E-state index is -0.409. The Hall–Kier alpha value is -1.07. The van der Waals surface area contributed by atoms with E-state index in [9.17, 15) is 10.1 Å². The van der Waals surface area contributed by atoms with Gasteiger partial charge in [0.2, 0.25) is 0 Å². The zero-order valence-electron chi connectivity index (χ0n) is 6.93. The largest absolute Gasteiger partial charge is 0.326 e. The van der Waals surface area contributed by atoms with Crippen LogP contribution in [0.25, 0.3) is 0 Å². The van der Waals surface area contributed by atoms with Gasteiger partial charge in [-0.05, 0) is 0 Å². The summed E-state index contributed by atoms with van der Waals surface area (Å²) in [5, 5.41) is 10.7. The Morgan fingerprint density at radius 1 is 1.46 bits per heavy atom. The molecule has 0 aromatic heterocycles. The molecule has 1 aromatic rings. The Balaban J connectivity index is 3.29. The minimum Gasteiger partial charge on any atom is -0.326 e. The minimum absolute atomic E-state index is 0.0972. The first-order valence-electron chi connectivity index (χ1n) is 3.76. The van der Waals surface area contributed by atoms with Crippen LogP contribution < -0.4 is 5.73 Å². The lowest BCUT2D eigenvalue weighted by molar-refractivity contribution is -0.386. The Labute approximate surface area is 81.3 Å². The van der Waals surface area contributed by atoms with Gasteiger partial charge in [0.25, 0.3) is 5.69 Å². The van der Waals surface area contributed by atoms with Gasteiger partial charge in [-0.15, -0.1) is 0 Å². The molecule has 1 aromatic carbocycles. The van der Waals surface area contributed by atoms with Gasteiger partial charge in [-0.3, -0.25) is 10.1 Å². The van der Waals surface area contributed by atoms with Crippen LogP contribution in [-0.4, -0.2) is 4.92 Å². The predicted octanol–water partition coefficient (Wildman–Crippen LogP) is 1.48. The summed E-state index contributed by atoms with van der Waals surface area (Å²) in [6.45, 7) is 0.179. The van der Waals surface area contributed by atoms with Crippen LogP contribution >= 0.6 is 12.6 Å². The van der Waals surface area contributed by atoms with E-state index in [1.165, 1.54) is 0 Å². The molecule has 0 radical (unpaired) electrons. The average molecular weight is 198 g/mol. The van der Waals surface area contributed by atoms with Gasteiger partial charge in [0.15, 0.2) is 0 Å². The summed E-state index contributed by atoms with van der Waals surface area (Å²) in [6, 6.07) is 5.09. The van der Waals surface area contributed by atoms with Crippen molar-refractivity contribution in [2.45, 2.75) is 12.3 Å². The number of nitro groups is 1. The van der Waals surface area contributed by atoms with Crippen molar-refractivity contribution in [3.63, 3.8) is 0 Å². The Kier molecular flexibility index (Phi) is 3.27. The van der Waals surface area contributed by atoms with Crippen LogP contribution in [0.4, 0.5) is 5.69 Å². The highest BCUT2D eigenvalue weighted by Gasteiger charge is 2.16. The number of nitrogens with zero attached hydrogens (tertiary/aromatic N) is 1. The maximum absolute atomic E-state index is 10.7. The Bertz CT molecular complexity index is 306. The molecule has 13 heavy (non-hydrogen) atoms. The molecule has 0 atom stereocenters. The van der Waals surface area contributed by atoms with E-state index in [1.807, 2.05) is 0 Å². The van der Waals surface area contributed by atoms with Gasteiger partial charge in [0.05, 0.1) is 4.92 Å². The summed E-state index contributed by atoms with van der Waals surface area (Å²) < 4.78 is 0. The molecule has 1 rings (SSSR count). The number of hydrogen-bond donors (Lipinski definition) is 2. The van der Waals surface area contributed by atoms with E-state index in [2.05, 4.69) is 12.6 Å². The first-order valence-corrected chi connectivity index (χ1v) is 4.40. The summed E-state index contributed by atoms with van der Waals surface area (Å²) >= 11 is 4.02. The topological polar surface area (TPSA) is 69.2 Å². The lowest BCUT2D eigenvalue weighted by atomic mass is 10.1. The van der Waals surface area contributed by atoms with Crippen molar-refractivity contribution < 1.29 is 4.92 Å². The molecule has 0 amide bonds. The summed E-state index contributed by atoms with van der Waals surface area (Å²) in [4.78, 5) is 10.3. The summed E-state index contributed by atoms with van der Waals surface area (Å²) in [6.07, 6.45) is 0. The molecular weight excluding hydrogens is 188 g/mol. The van der Waals surface area contributed by atoms with Crippen molar-refractivity contribution in [3.8, 4) is 0 Å². The second kappa shape index (κ2) is 4.25. The van der Waals surface area contributed by atoms with Crippen LogP contribution in [0, 0.1) is 10.1 Å². The fourth-order valence-electron chi connectivity index (χ4n) is 1.17. The molecule has 0 aliphatic heterocycles. The second-order valence-corrected chi connectivity index (χ2v) is 2.86. The molecule has 0 fully saturated rings. The summed E-state index contributed by atoms with van der Waals surface area (Å²) in [5.41, 5.74) is 6.64. The maximum atomic E-state index is 10.7. The Morgan fingerprint density at radius 2 is 2.08 bits per heavy atom. The molecule has 2 N–H and O–H groups in total. The average Bonchev–Trinajstić information content (AvgIpc) is 2.16. The number of benzene rings is 1. The number of rotatable bonds is 3. The van der Waals surface area contributed by atoms with Gasteiger partial charge in [-0.2, -0.15) is 12.6 Å². The van der Waals surface area contributed by atoms with Crippen LogP contribution in [0.2, 0.25) is 0 Å². The van der Waals surface area contributed by atoms with Crippen molar-refractivity contribution >= 4 is 18.3 Å². The van der Waals surface area contributed by atoms with Gasteiger partial charge in [0.1, 0.15) is 0 Å². The fraction of sp³-hybridized carbons (Fsp3) is 0.250. The molecule has 0 heterocycles. The number of hydrogen-bond acceptors (Lipinski definition) is 4. The lowest BCUT2D eigenvalue weighted by Gasteiger charge is -2.03. The van der Waals surface area contributed by atoms with Gasteiger partial charge < -0.3 is 5.73 Å². The lowest BCUT2D eigenvalue weighted by Crippen LogP contribution is -2.03. The first-order chi connectivity index (χ1) is 6.20. The second-order valence-electron chi connectivity index (χ2n) is 2.54. The molecule has 0 bridgehead atoms. The molecule has 0 saturated carbocycles. The fourth-order valence-corrected chi connectivity index (χ4v) is 1.43. The number of para-hydroxylation sites is 1. The van der Waals surface area contributed by atoms with E-state index in [-0.39, 0.29) is 12.2 Å². The molecule has 70 valence electrons. The third-order valence-electron chi connectivity index (χ3n) is 1.78. The highest BCUT2D eigenvalue weighted by atomic mass is 32.1. The molecule has 5 heteroatoms. The first kappa shape index (κ1) is 10.0. The van der Waals surface area contributed by atoms with Crippen LogP contribution in [0.15, 0.2) is 18.2 Å². The number of nitro benzene ring substituents is 1. The number of nitrogens with two attached hydrogens (primary N) is 1. The van der Waals surface area contributed by atoms with E-state index < -0.39 is 4.92 Å². The Morgan fingerprint density at radius 3 is 2.54 bits per heavy atom. The third-order valence-corrected chi connectivity index (χ3v) is 2.12. The van der Waals surface area contributed by atoms with Crippen molar-refractivity contribution in [1.29, 1.82) is 0 Å². The highest BCUT2D eigenvalue weighted by Crippen LogP contribution is 2.24. The number of thiol groups is 1. The van der Waals surface area contributed by atoms with Crippen molar-refractivity contribution in [2.75, 3.05) is 0 Å². The summed E-state index contributed by atoms with van der Waals surface area (Å²) in [5.74, 6) is 0.351. The monoisotopic (exact) mass is 198 g/mol. The third kappa shape index (κ3) is 1.99. The quantitative estimate of drug-likeness (QED) is 0.439. The molecule has 0 aliphatic rings. The smallest absolute Gasteiger partial charge is 0.277 e. The van der Waals surface area contributed by atoms with Crippen LogP contribution in [-0.2, 0) is 12.3 Å². The SMILES string of the molecule is NCc1cccc(CS)c1[N+](=O)[O-]. The van der Waals surface area contributed by atoms with Crippen molar-refractivity contribution in [3.05, 3.63) is 39.4 Å². The molecule has 0 aliphatic carbocycles. The van der Waals surface area contributed by atoms with Crippen molar-refractivity contribution in [1.82, 2.24) is 0 Å². The van der Waals surface area contributed by atoms with Crippen molar-refractivity contribution in [2.24, 2.45) is 5.73 Å². The molecule has 4 nitrogen and oxygen atoms in total. The normalized spacial score (nSPS) is 10.0. The van der Waals surface area contributed by atoms with Gasteiger partial charge in [-0.1, -0.05) is 18.2 Å². The maximum Gasteiger partial charge on any atom is 0.277 e.